The van der Waals surface area contributed by atoms with Crippen LogP contribution >= 0.6 is 0 Å². The number of aliphatic hydroxyl groups is 2. The molecular weight excluding hydrogens is 404 g/mol. The van der Waals surface area contributed by atoms with Crippen molar-refractivity contribution in [2.45, 2.75) is 36.9 Å². The van der Waals surface area contributed by atoms with E-state index in [4.69, 9.17) is 5.26 Å². The molecule has 2 aromatic carbocycles. The molecule has 0 spiro atoms. The molecule has 0 fully saturated rings. The first-order valence-corrected chi connectivity index (χ1v) is 10.9. The number of carbonyl (C=O) groups is 1. The zero-order chi connectivity index (χ0) is 22.1. The fourth-order valence-corrected chi connectivity index (χ4v) is 5.58. The Morgan fingerprint density at radius 1 is 1.17 bits per heavy atom. The van der Waals surface area contributed by atoms with Crippen LogP contribution in [0.15, 0.2) is 41.3 Å². The maximum Gasteiger partial charge on any atom is 0.195 e. The number of nitriles is 1. The van der Waals surface area contributed by atoms with Crippen molar-refractivity contribution in [2.75, 3.05) is 5.75 Å². The molecule has 1 aliphatic carbocycles. The summed E-state index contributed by atoms with van der Waals surface area (Å²) in [6, 6.07) is 11.4. The van der Waals surface area contributed by atoms with E-state index in [0.29, 0.717) is 38.9 Å². The number of benzene rings is 2. The first kappa shape index (κ1) is 20.3. The lowest BCUT2D eigenvalue weighted by molar-refractivity contribution is -0.124. The number of aromatic amines is 1. The zero-order valence-electron chi connectivity index (χ0n) is 16.6. The minimum atomic E-state index is -3.99. The Bertz CT molecular complexity index is 1370. The Balaban J connectivity index is 1.93. The molecule has 1 aromatic heterocycles. The number of fused-ring (bicyclic) bond motifs is 4. The van der Waals surface area contributed by atoms with Crippen LogP contribution in [0.4, 0.5) is 0 Å². The molecule has 30 heavy (non-hydrogen) atoms. The van der Waals surface area contributed by atoms with E-state index in [1.54, 1.807) is 18.2 Å². The predicted octanol–water partition coefficient (Wildman–Crippen LogP) is 2.38. The fraction of sp³-hybridized carbons (Fsp3) is 0.273. The molecule has 0 bridgehead atoms. The summed E-state index contributed by atoms with van der Waals surface area (Å²) in [5, 5.41) is 29.0. The highest BCUT2D eigenvalue weighted by molar-refractivity contribution is 7.91. The van der Waals surface area contributed by atoms with Crippen LogP contribution in [0, 0.1) is 11.3 Å². The number of hydrogen-bond acceptors (Lipinski definition) is 6. The molecule has 0 saturated heterocycles. The molecule has 7 nitrogen and oxygen atoms in total. The average molecular weight is 424 g/mol. The van der Waals surface area contributed by atoms with Crippen LogP contribution in [-0.4, -0.2) is 40.9 Å². The summed E-state index contributed by atoms with van der Waals surface area (Å²) < 4.78 is 25.3. The largest absolute Gasteiger partial charge is 0.365 e. The third-order valence-corrected chi connectivity index (χ3v) is 7.41. The summed E-state index contributed by atoms with van der Waals surface area (Å²) in [7, 11) is -3.99. The van der Waals surface area contributed by atoms with Crippen LogP contribution in [0.2, 0.25) is 0 Å². The van der Waals surface area contributed by atoms with Crippen molar-refractivity contribution in [3.63, 3.8) is 0 Å². The molecule has 154 valence electrons. The highest BCUT2D eigenvalue weighted by Crippen LogP contribution is 2.44. The molecule has 0 aliphatic heterocycles. The topological polar surface area (TPSA) is 131 Å². The van der Waals surface area contributed by atoms with Crippen molar-refractivity contribution in [2.24, 2.45) is 0 Å². The predicted molar refractivity (Wildman–Crippen MR) is 110 cm³/mol. The number of ketones is 1. The van der Waals surface area contributed by atoms with E-state index in [2.05, 4.69) is 11.1 Å². The summed E-state index contributed by atoms with van der Waals surface area (Å²) in [6.45, 7) is 4.77. The number of nitrogens with zero attached hydrogens (tertiary/aromatic N) is 1. The standard InChI is InChI=1S/C22H20N2O5S/c1-21(2)16-9-13(30(28,29)11-22(3,26)27)5-7-14(16)19(25)18-15-6-4-12(10-23)8-17(15)24-20(18)21/h4-9,24,26-27H,11H2,1-3H3. The van der Waals surface area contributed by atoms with Crippen molar-refractivity contribution < 1.29 is 23.4 Å². The average Bonchev–Trinajstić information content (AvgIpc) is 3.04. The summed E-state index contributed by atoms with van der Waals surface area (Å²) in [5.74, 6) is -3.46. The molecule has 3 aromatic rings. The van der Waals surface area contributed by atoms with Crippen LogP contribution in [0.1, 0.15) is 53.5 Å². The molecule has 4 rings (SSSR count). The molecule has 0 atom stereocenters. The van der Waals surface area contributed by atoms with Crippen LogP contribution in [0.3, 0.4) is 0 Å². The van der Waals surface area contributed by atoms with Crippen molar-refractivity contribution in [3.05, 3.63) is 64.3 Å². The summed E-state index contributed by atoms with van der Waals surface area (Å²) in [4.78, 5) is 16.5. The van der Waals surface area contributed by atoms with Crippen molar-refractivity contribution in [1.82, 2.24) is 4.98 Å². The maximum absolute atomic E-state index is 13.3. The molecular formula is C22H20N2O5S. The summed E-state index contributed by atoms with van der Waals surface area (Å²) in [6.07, 6.45) is 0. The number of aromatic nitrogens is 1. The Hall–Kier alpha value is -2.99. The summed E-state index contributed by atoms with van der Waals surface area (Å²) in [5.41, 5.74) is 2.50. The van der Waals surface area contributed by atoms with Gasteiger partial charge < -0.3 is 15.2 Å². The van der Waals surface area contributed by atoms with E-state index in [1.165, 1.54) is 18.2 Å². The minimum Gasteiger partial charge on any atom is -0.365 e. The van der Waals surface area contributed by atoms with Gasteiger partial charge in [0.05, 0.1) is 22.1 Å². The molecule has 0 amide bonds. The zero-order valence-corrected chi connectivity index (χ0v) is 17.5. The first-order chi connectivity index (χ1) is 13.8. The van der Waals surface area contributed by atoms with Gasteiger partial charge in [-0.1, -0.05) is 19.9 Å². The van der Waals surface area contributed by atoms with Crippen molar-refractivity contribution >= 4 is 26.5 Å². The lowest BCUT2D eigenvalue weighted by Gasteiger charge is -2.32. The third-order valence-electron chi connectivity index (χ3n) is 5.51. The fourth-order valence-electron chi connectivity index (χ4n) is 4.12. The third kappa shape index (κ3) is 3.03. The smallest absolute Gasteiger partial charge is 0.195 e. The van der Waals surface area contributed by atoms with Crippen molar-refractivity contribution in [3.8, 4) is 6.07 Å². The van der Waals surface area contributed by atoms with E-state index >= 15 is 0 Å². The van der Waals surface area contributed by atoms with Crippen molar-refractivity contribution in [1.29, 1.82) is 5.26 Å². The molecule has 8 heteroatoms. The summed E-state index contributed by atoms with van der Waals surface area (Å²) >= 11 is 0. The van der Waals surface area contributed by atoms with E-state index < -0.39 is 26.8 Å². The Morgan fingerprint density at radius 2 is 1.87 bits per heavy atom. The van der Waals surface area contributed by atoms with Gasteiger partial charge in [-0.05, 0) is 42.8 Å². The van der Waals surface area contributed by atoms with Crippen LogP contribution < -0.4 is 0 Å². The van der Waals surface area contributed by atoms with Gasteiger partial charge in [-0.25, -0.2) is 8.42 Å². The van der Waals surface area contributed by atoms with Gasteiger partial charge >= 0.3 is 0 Å². The number of nitrogens with one attached hydrogen (secondary N) is 1. The van der Waals surface area contributed by atoms with E-state index in [-0.39, 0.29) is 10.7 Å². The lowest BCUT2D eigenvalue weighted by Crippen LogP contribution is -2.34. The second kappa shape index (κ2) is 6.25. The minimum absolute atomic E-state index is 0.0808. The molecule has 0 saturated carbocycles. The van der Waals surface area contributed by atoms with Gasteiger partial charge in [-0.2, -0.15) is 5.26 Å². The van der Waals surface area contributed by atoms with Gasteiger partial charge in [0.25, 0.3) is 0 Å². The normalized spacial score (nSPS) is 15.5. The monoisotopic (exact) mass is 424 g/mol. The van der Waals surface area contributed by atoms with Gasteiger partial charge in [0.2, 0.25) is 0 Å². The lowest BCUT2D eigenvalue weighted by atomic mass is 9.71. The van der Waals surface area contributed by atoms with Gasteiger partial charge in [-0.15, -0.1) is 0 Å². The SMILES string of the molecule is CC(O)(O)CS(=O)(=O)c1ccc2c(c1)C(C)(C)c1[nH]c3cc(C#N)ccc3c1C2=O. The quantitative estimate of drug-likeness (QED) is 0.553. The highest BCUT2D eigenvalue weighted by atomic mass is 32.2. The maximum atomic E-state index is 13.3. The molecule has 3 N–H and O–H groups in total. The number of hydrogen-bond donors (Lipinski definition) is 3. The Kier molecular flexibility index (Phi) is 4.23. The van der Waals surface area contributed by atoms with Gasteiger partial charge in [0.1, 0.15) is 5.75 Å². The van der Waals surface area contributed by atoms with Crippen LogP contribution in [-0.2, 0) is 15.3 Å². The Labute approximate surface area is 173 Å². The number of sulfone groups is 1. The number of H-pyrrole nitrogens is 1. The second-order valence-electron chi connectivity index (χ2n) is 8.38. The van der Waals surface area contributed by atoms with E-state index in [0.717, 1.165) is 6.92 Å². The van der Waals surface area contributed by atoms with Crippen LogP contribution in [0.5, 0.6) is 0 Å². The van der Waals surface area contributed by atoms with Gasteiger partial charge in [-0.3, -0.25) is 4.79 Å². The van der Waals surface area contributed by atoms with Gasteiger partial charge in [0.15, 0.2) is 21.4 Å². The number of rotatable bonds is 3. The Morgan fingerprint density at radius 3 is 2.50 bits per heavy atom. The second-order valence-corrected chi connectivity index (χ2v) is 10.4. The highest BCUT2D eigenvalue weighted by Gasteiger charge is 2.40. The number of carbonyl (C=O) groups excluding carboxylic acids is 1. The molecule has 0 unspecified atom stereocenters. The van der Waals surface area contributed by atoms with E-state index in [9.17, 15) is 23.4 Å². The molecule has 1 heterocycles. The van der Waals surface area contributed by atoms with Crippen LogP contribution in [0.25, 0.3) is 10.9 Å². The van der Waals surface area contributed by atoms with Gasteiger partial charge in [0, 0.05) is 27.6 Å². The molecule has 0 radical (unpaired) electrons. The molecule has 1 aliphatic rings. The van der Waals surface area contributed by atoms with E-state index in [1.807, 2.05) is 13.8 Å². The first-order valence-electron chi connectivity index (χ1n) is 9.28.